The van der Waals surface area contributed by atoms with Crippen LogP contribution < -0.4 is 22.1 Å². The molecule has 2 aliphatic rings. The second-order valence-corrected chi connectivity index (χ2v) is 14.3. The minimum absolute atomic E-state index is 0.102. The van der Waals surface area contributed by atoms with E-state index in [2.05, 4.69) is 20.6 Å². The summed E-state index contributed by atoms with van der Waals surface area (Å²) in [6.07, 6.45) is 6.16. The Morgan fingerprint density at radius 2 is 1.76 bits per heavy atom. The average Bonchev–Trinajstić information content (AvgIpc) is 3.01. The monoisotopic (exact) mass is 674 g/mol. The van der Waals surface area contributed by atoms with Crippen LogP contribution in [0.3, 0.4) is 0 Å². The van der Waals surface area contributed by atoms with Gasteiger partial charge < -0.3 is 22.1 Å². The number of hydrogen-bond donors (Lipinski definition) is 4. The van der Waals surface area contributed by atoms with E-state index in [-0.39, 0.29) is 46.2 Å². The number of nitrogens with two attached hydrogens (primary N) is 2. The lowest BCUT2D eigenvalue weighted by molar-refractivity contribution is -0.122. The van der Waals surface area contributed by atoms with Gasteiger partial charge >= 0.3 is 0 Å². The van der Waals surface area contributed by atoms with Crippen molar-refractivity contribution >= 4 is 50.8 Å². The number of primary amides is 1. The summed E-state index contributed by atoms with van der Waals surface area (Å²) in [7, 11) is -3.68. The van der Waals surface area contributed by atoms with E-state index in [1.807, 2.05) is 6.92 Å². The summed E-state index contributed by atoms with van der Waals surface area (Å²) in [5, 5.41) is 5.64. The van der Waals surface area contributed by atoms with Crippen LogP contribution in [0.5, 0.6) is 0 Å². The summed E-state index contributed by atoms with van der Waals surface area (Å²) >= 11 is 5.73. The van der Waals surface area contributed by atoms with E-state index < -0.39 is 27.3 Å². The van der Waals surface area contributed by atoms with E-state index in [1.54, 1.807) is 24.3 Å². The van der Waals surface area contributed by atoms with Crippen LogP contribution >= 0.6 is 11.6 Å². The predicted molar refractivity (Wildman–Crippen MR) is 173 cm³/mol. The van der Waals surface area contributed by atoms with E-state index in [1.165, 1.54) is 10.5 Å². The van der Waals surface area contributed by atoms with E-state index in [4.69, 9.17) is 28.1 Å². The fourth-order valence-electron chi connectivity index (χ4n) is 5.92. The molecule has 46 heavy (non-hydrogen) atoms. The molecule has 0 spiro atoms. The largest absolute Gasteiger partial charge is 0.369 e. The lowest BCUT2D eigenvalue weighted by Crippen LogP contribution is -2.45. The molecular formula is C31H37ClF2N8O3S. The maximum Gasteiger partial charge on any atom is 0.243 e. The van der Waals surface area contributed by atoms with Gasteiger partial charge in [0.05, 0.1) is 16.8 Å². The zero-order valence-electron chi connectivity index (χ0n) is 25.3. The molecule has 1 atom stereocenters. The van der Waals surface area contributed by atoms with Crippen molar-refractivity contribution in [3.05, 3.63) is 70.5 Å². The van der Waals surface area contributed by atoms with Crippen LogP contribution in [0, 0.1) is 30.4 Å². The van der Waals surface area contributed by atoms with Gasteiger partial charge in [0.25, 0.3) is 0 Å². The first-order valence-corrected chi connectivity index (χ1v) is 16.9. The van der Waals surface area contributed by atoms with Gasteiger partial charge in [0.1, 0.15) is 11.4 Å². The molecule has 0 unspecified atom stereocenters. The van der Waals surface area contributed by atoms with Crippen molar-refractivity contribution in [2.24, 2.45) is 28.3 Å². The topological polar surface area (TPSA) is 169 Å². The zero-order chi connectivity index (χ0) is 33.0. The molecule has 3 aromatic rings. The summed E-state index contributed by atoms with van der Waals surface area (Å²) in [5.74, 6) is -2.15. The molecule has 1 saturated carbocycles. The van der Waals surface area contributed by atoms with E-state index >= 15 is 0 Å². The van der Waals surface area contributed by atoms with E-state index in [0.717, 1.165) is 30.5 Å². The van der Waals surface area contributed by atoms with Gasteiger partial charge in [-0.05, 0) is 82.1 Å². The maximum atomic E-state index is 14.4. The van der Waals surface area contributed by atoms with Gasteiger partial charge in [0, 0.05) is 30.1 Å². The Kier molecular flexibility index (Phi) is 10.4. The van der Waals surface area contributed by atoms with Crippen molar-refractivity contribution < 1.29 is 22.0 Å². The number of amides is 1. The summed E-state index contributed by atoms with van der Waals surface area (Å²) in [5.41, 5.74) is 12.9. The number of sulfonamides is 1. The van der Waals surface area contributed by atoms with E-state index in [0.29, 0.717) is 56.0 Å². The molecule has 2 aromatic carbocycles. The van der Waals surface area contributed by atoms with Gasteiger partial charge in [-0.15, -0.1) is 0 Å². The number of aromatic nitrogens is 2. The molecule has 2 heterocycles. The van der Waals surface area contributed by atoms with Crippen LogP contribution in [0.25, 0.3) is 0 Å². The molecule has 1 saturated heterocycles. The number of halogens is 3. The number of nitrogens with one attached hydrogen (secondary N) is 2. The molecule has 0 bridgehead atoms. The molecule has 1 aromatic heterocycles. The highest BCUT2D eigenvalue weighted by atomic mass is 35.5. The minimum Gasteiger partial charge on any atom is -0.369 e. The van der Waals surface area contributed by atoms with Gasteiger partial charge in [0.2, 0.25) is 21.9 Å². The van der Waals surface area contributed by atoms with Gasteiger partial charge in [-0.1, -0.05) is 29.3 Å². The summed E-state index contributed by atoms with van der Waals surface area (Å²) in [6, 6.07) is 8.44. The Labute approximate surface area is 271 Å². The Morgan fingerprint density at radius 3 is 2.41 bits per heavy atom. The van der Waals surface area contributed by atoms with Crippen molar-refractivity contribution in [1.82, 2.24) is 14.3 Å². The highest BCUT2D eigenvalue weighted by Gasteiger charge is 2.31. The Hall–Kier alpha value is -3.88. The predicted octanol–water partition coefficient (Wildman–Crippen LogP) is 4.87. The fourth-order valence-corrected chi connectivity index (χ4v) is 7.63. The molecule has 5 rings (SSSR count). The molecule has 1 amide bonds. The van der Waals surface area contributed by atoms with Crippen LogP contribution in [0.4, 0.5) is 26.1 Å². The Morgan fingerprint density at radius 1 is 1.09 bits per heavy atom. The lowest BCUT2D eigenvalue weighted by Gasteiger charge is -2.32. The van der Waals surface area contributed by atoms with Crippen molar-refractivity contribution in [3.63, 3.8) is 0 Å². The third kappa shape index (κ3) is 8.09. The third-order valence-electron chi connectivity index (χ3n) is 8.45. The zero-order valence-corrected chi connectivity index (χ0v) is 26.9. The standard InChI is InChI=1S/C31H37ClF2N8O3S/c1-18-4-10-23(11-5-18)46(44,45)42-12-2-3-22(17-42)38-31-37-16-27(26(40-31)13-19-6-8-20(9-7-19)29(35)43)39-30(36)41-28-24(33)14-21(32)15-25(28)34/h4-5,10-11,14-16,19-20,22H,2-3,6-9,12-13,17H2,1H3,(H2,35,43)(H3,36,39,41)(H,37,38,40)/t19-,20+,22-/m1/s1. The minimum atomic E-state index is -3.68. The number of aryl methyl sites for hydroxylation is 1. The number of hydrogen-bond acceptors (Lipinski definition) is 7. The van der Waals surface area contributed by atoms with Crippen molar-refractivity contribution in [3.8, 4) is 0 Å². The molecule has 246 valence electrons. The number of guanidine groups is 1. The van der Waals surface area contributed by atoms with Crippen molar-refractivity contribution in [2.45, 2.75) is 62.8 Å². The highest BCUT2D eigenvalue weighted by Crippen LogP contribution is 2.33. The van der Waals surface area contributed by atoms with Crippen molar-refractivity contribution in [2.75, 3.05) is 23.7 Å². The maximum absolute atomic E-state index is 14.4. The number of nitrogens with zero attached hydrogens (tertiary/aromatic N) is 4. The molecule has 1 aliphatic heterocycles. The summed E-state index contributed by atoms with van der Waals surface area (Å²) < 4.78 is 56.9. The molecule has 6 N–H and O–H groups in total. The van der Waals surface area contributed by atoms with Crippen LogP contribution in [0.1, 0.15) is 49.8 Å². The summed E-state index contributed by atoms with van der Waals surface area (Å²) in [6.45, 7) is 2.54. The number of anilines is 2. The highest BCUT2D eigenvalue weighted by molar-refractivity contribution is 7.89. The second kappa shape index (κ2) is 14.3. The van der Waals surface area contributed by atoms with Crippen LogP contribution in [0.2, 0.25) is 5.02 Å². The van der Waals surface area contributed by atoms with Crippen LogP contribution in [-0.4, -0.2) is 53.7 Å². The van der Waals surface area contributed by atoms with Gasteiger partial charge in [-0.3, -0.25) is 4.79 Å². The average molecular weight is 675 g/mol. The van der Waals surface area contributed by atoms with Crippen molar-refractivity contribution in [1.29, 1.82) is 0 Å². The molecule has 2 fully saturated rings. The van der Waals surface area contributed by atoms with Gasteiger partial charge in [0.15, 0.2) is 17.6 Å². The normalized spacial score (nSPS) is 21.1. The third-order valence-corrected chi connectivity index (χ3v) is 10.6. The van der Waals surface area contributed by atoms with Crippen LogP contribution in [-0.2, 0) is 21.2 Å². The number of carbonyl (C=O) groups is 1. The summed E-state index contributed by atoms with van der Waals surface area (Å²) in [4.78, 5) is 25.4. The molecule has 0 radical (unpaired) electrons. The smallest absolute Gasteiger partial charge is 0.243 e. The van der Waals surface area contributed by atoms with Gasteiger partial charge in [-0.2, -0.15) is 4.31 Å². The van der Waals surface area contributed by atoms with Crippen LogP contribution in [0.15, 0.2) is 52.5 Å². The molecule has 15 heteroatoms. The van der Waals surface area contributed by atoms with Gasteiger partial charge in [-0.25, -0.2) is 32.2 Å². The SMILES string of the molecule is Cc1ccc(S(=O)(=O)N2CCC[C@@H](Nc3ncc(/N=C(\N)Nc4c(F)cc(Cl)cc4F)c(C[C@H]4CC[C@@H](C(N)=O)CC4)n3)C2)cc1. The number of carbonyl (C=O) groups excluding carboxylic acids is 1. The first kappa shape index (κ1) is 33.5. The Bertz CT molecular complexity index is 1690. The molecular weight excluding hydrogens is 638 g/mol. The fraction of sp³-hybridized carbons (Fsp3) is 0.419. The Balaban J connectivity index is 1.36. The molecule has 1 aliphatic carbocycles. The first-order chi connectivity index (χ1) is 21.9. The van der Waals surface area contributed by atoms with E-state index in [9.17, 15) is 22.0 Å². The molecule has 11 nitrogen and oxygen atoms in total. The number of benzene rings is 2. The number of piperidine rings is 1. The quantitative estimate of drug-likeness (QED) is 0.184. The second-order valence-electron chi connectivity index (χ2n) is 11.9. The number of rotatable bonds is 9. The number of aliphatic imine (C=N–C) groups is 1. The first-order valence-electron chi connectivity index (χ1n) is 15.1. The lowest BCUT2D eigenvalue weighted by atomic mass is 9.79.